The van der Waals surface area contributed by atoms with Crippen molar-refractivity contribution in [3.05, 3.63) is 11.6 Å². The minimum absolute atomic E-state index is 0.0356. The second-order valence-electron chi connectivity index (χ2n) is 4.60. The van der Waals surface area contributed by atoms with Gasteiger partial charge in [0.05, 0.1) is 0 Å². The van der Waals surface area contributed by atoms with E-state index in [0.717, 1.165) is 31.8 Å². The Morgan fingerprint density at radius 3 is 2.59 bits per heavy atom. The first-order chi connectivity index (χ1) is 8.11. The number of carbonyl (C=O) groups is 2. The highest BCUT2D eigenvalue weighted by atomic mass is 16.2. The van der Waals surface area contributed by atoms with E-state index in [-0.39, 0.29) is 17.9 Å². The standard InChI is InChI=1S/C12H19N3O2/c1-9-3-6-15(10(2)16)11(9)12(17)14-7-4-13-5-8-14/h3,11,13H,4-8H2,1-2H3. The summed E-state index contributed by atoms with van der Waals surface area (Å²) in [4.78, 5) is 27.4. The number of carbonyl (C=O) groups excluding carboxylic acids is 2. The fraction of sp³-hybridized carbons (Fsp3) is 0.667. The third-order valence-corrected chi connectivity index (χ3v) is 3.42. The Bertz CT molecular complexity index is 359. The summed E-state index contributed by atoms with van der Waals surface area (Å²) in [5, 5.41) is 3.22. The van der Waals surface area contributed by atoms with Gasteiger partial charge in [-0.3, -0.25) is 9.59 Å². The van der Waals surface area contributed by atoms with E-state index in [4.69, 9.17) is 0 Å². The first kappa shape index (κ1) is 12.1. The fourth-order valence-corrected chi connectivity index (χ4v) is 2.40. The van der Waals surface area contributed by atoms with Gasteiger partial charge in [0, 0.05) is 39.6 Å². The molecular weight excluding hydrogens is 218 g/mol. The maximum absolute atomic E-state index is 12.4. The lowest BCUT2D eigenvalue weighted by atomic mass is 10.1. The van der Waals surface area contributed by atoms with Crippen LogP contribution >= 0.6 is 0 Å². The van der Waals surface area contributed by atoms with E-state index in [1.54, 1.807) is 4.90 Å². The Hall–Kier alpha value is -1.36. The van der Waals surface area contributed by atoms with Crippen LogP contribution in [-0.4, -0.2) is 60.4 Å². The zero-order valence-electron chi connectivity index (χ0n) is 10.4. The minimum Gasteiger partial charge on any atom is -0.338 e. The first-order valence-corrected chi connectivity index (χ1v) is 6.04. The van der Waals surface area contributed by atoms with Gasteiger partial charge >= 0.3 is 0 Å². The van der Waals surface area contributed by atoms with Crippen LogP contribution in [0.15, 0.2) is 11.6 Å². The molecule has 2 rings (SSSR count). The maximum atomic E-state index is 12.4. The van der Waals surface area contributed by atoms with Crippen molar-refractivity contribution in [2.75, 3.05) is 32.7 Å². The molecule has 0 aromatic rings. The molecule has 0 aliphatic carbocycles. The number of rotatable bonds is 1. The van der Waals surface area contributed by atoms with E-state index < -0.39 is 0 Å². The van der Waals surface area contributed by atoms with E-state index in [0.29, 0.717) is 6.54 Å². The molecule has 1 saturated heterocycles. The number of hydrogen-bond acceptors (Lipinski definition) is 3. The van der Waals surface area contributed by atoms with Gasteiger partial charge in [-0.15, -0.1) is 0 Å². The summed E-state index contributed by atoms with van der Waals surface area (Å²) in [5.74, 6) is 0.0273. The lowest BCUT2D eigenvalue weighted by Gasteiger charge is -2.33. The van der Waals surface area contributed by atoms with Gasteiger partial charge in [0.2, 0.25) is 11.8 Å². The van der Waals surface area contributed by atoms with E-state index in [2.05, 4.69) is 5.32 Å². The summed E-state index contributed by atoms with van der Waals surface area (Å²) < 4.78 is 0. The molecule has 1 atom stereocenters. The lowest BCUT2D eigenvalue weighted by molar-refractivity contribution is -0.142. The van der Waals surface area contributed by atoms with Crippen molar-refractivity contribution in [1.82, 2.24) is 15.1 Å². The molecule has 0 aromatic carbocycles. The van der Waals surface area contributed by atoms with Crippen molar-refractivity contribution in [2.45, 2.75) is 19.9 Å². The molecule has 1 N–H and O–H groups in total. The molecule has 0 radical (unpaired) electrons. The van der Waals surface area contributed by atoms with Crippen molar-refractivity contribution in [3.63, 3.8) is 0 Å². The van der Waals surface area contributed by atoms with Gasteiger partial charge in [0.15, 0.2) is 0 Å². The van der Waals surface area contributed by atoms with E-state index >= 15 is 0 Å². The smallest absolute Gasteiger partial charge is 0.249 e. The zero-order chi connectivity index (χ0) is 12.4. The third kappa shape index (κ3) is 2.34. The molecule has 0 aromatic heterocycles. The van der Waals surface area contributed by atoms with Crippen molar-refractivity contribution >= 4 is 11.8 Å². The number of hydrogen-bond donors (Lipinski definition) is 1. The number of nitrogens with one attached hydrogen (secondary N) is 1. The number of piperazine rings is 1. The monoisotopic (exact) mass is 237 g/mol. The molecule has 0 saturated carbocycles. The van der Waals surface area contributed by atoms with Gasteiger partial charge in [-0.2, -0.15) is 0 Å². The largest absolute Gasteiger partial charge is 0.338 e. The predicted molar refractivity (Wildman–Crippen MR) is 64.4 cm³/mol. The van der Waals surface area contributed by atoms with Gasteiger partial charge in [-0.1, -0.05) is 6.08 Å². The fourth-order valence-electron chi connectivity index (χ4n) is 2.40. The topological polar surface area (TPSA) is 52.7 Å². The molecule has 94 valence electrons. The maximum Gasteiger partial charge on any atom is 0.249 e. The average molecular weight is 237 g/mol. The van der Waals surface area contributed by atoms with Gasteiger partial charge in [0.25, 0.3) is 0 Å². The summed E-state index contributed by atoms with van der Waals surface area (Å²) in [6, 6.07) is -0.370. The van der Waals surface area contributed by atoms with Gasteiger partial charge in [0.1, 0.15) is 6.04 Å². The van der Waals surface area contributed by atoms with Crippen molar-refractivity contribution in [1.29, 1.82) is 0 Å². The molecule has 0 spiro atoms. The molecule has 0 bridgehead atoms. The van der Waals surface area contributed by atoms with E-state index in [9.17, 15) is 9.59 Å². The average Bonchev–Trinajstić information content (AvgIpc) is 2.71. The van der Waals surface area contributed by atoms with Crippen molar-refractivity contribution in [3.8, 4) is 0 Å². The van der Waals surface area contributed by atoms with Gasteiger partial charge in [-0.05, 0) is 12.5 Å². The van der Waals surface area contributed by atoms with E-state index in [1.165, 1.54) is 6.92 Å². The lowest BCUT2D eigenvalue weighted by Crippen LogP contribution is -2.53. The zero-order valence-corrected chi connectivity index (χ0v) is 10.4. The highest BCUT2D eigenvalue weighted by Gasteiger charge is 2.35. The Kier molecular flexibility index (Phi) is 3.47. The first-order valence-electron chi connectivity index (χ1n) is 6.04. The number of amides is 2. The quantitative estimate of drug-likeness (QED) is 0.631. The van der Waals surface area contributed by atoms with Crippen molar-refractivity contribution < 1.29 is 9.59 Å². The van der Waals surface area contributed by atoms with Crippen LogP contribution in [0.3, 0.4) is 0 Å². The van der Waals surface area contributed by atoms with Crippen LogP contribution in [0, 0.1) is 0 Å². The molecule has 5 nitrogen and oxygen atoms in total. The second-order valence-corrected chi connectivity index (χ2v) is 4.60. The Balaban J connectivity index is 2.10. The van der Waals surface area contributed by atoms with Crippen LogP contribution in [-0.2, 0) is 9.59 Å². The van der Waals surface area contributed by atoms with E-state index in [1.807, 2.05) is 17.9 Å². The third-order valence-electron chi connectivity index (χ3n) is 3.42. The van der Waals surface area contributed by atoms with Crippen LogP contribution < -0.4 is 5.32 Å². The van der Waals surface area contributed by atoms with Crippen LogP contribution in [0.5, 0.6) is 0 Å². The normalized spacial score (nSPS) is 24.8. The molecule has 2 heterocycles. The van der Waals surface area contributed by atoms with Gasteiger partial charge in [-0.25, -0.2) is 0 Å². The van der Waals surface area contributed by atoms with Crippen LogP contribution in [0.25, 0.3) is 0 Å². The van der Waals surface area contributed by atoms with Crippen LogP contribution in [0.2, 0.25) is 0 Å². The minimum atomic E-state index is -0.370. The molecule has 5 heteroatoms. The van der Waals surface area contributed by atoms with Gasteiger partial charge < -0.3 is 15.1 Å². The highest BCUT2D eigenvalue weighted by Crippen LogP contribution is 2.20. The van der Waals surface area contributed by atoms with Crippen LogP contribution in [0.4, 0.5) is 0 Å². The summed E-state index contributed by atoms with van der Waals surface area (Å²) in [6.45, 7) is 7.13. The summed E-state index contributed by atoms with van der Waals surface area (Å²) >= 11 is 0. The SMILES string of the molecule is CC(=O)N1CC=C(C)C1C(=O)N1CCNCC1. The van der Waals surface area contributed by atoms with Crippen molar-refractivity contribution in [2.24, 2.45) is 0 Å². The highest BCUT2D eigenvalue weighted by molar-refractivity contribution is 5.90. The molecule has 17 heavy (non-hydrogen) atoms. The summed E-state index contributed by atoms with van der Waals surface area (Å²) in [7, 11) is 0. The van der Waals surface area contributed by atoms with Crippen LogP contribution in [0.1, 0.15) is 13.8 Å². The molecule has 2 aliphatic heterocycles. The second kappa shape index (κ2) is 4.87. The summed E-state index contributed by atoms with van der Waals surface area (Å²) in [5.41, 5.74) is 0.990. The molecule has 2 aliphatic rings. The number of nitrogens with zero attached hydrogens (tertiary/aromatic N) is 2. The molecule has 1 unspecified atom stereocenters. The Morgan fingerprint density at radius 1 is 1.35 bits per heavy atom. The Morgan fingerprint density at radius 2 is 2.00 bits per heavy atom. The summed E-state index contributed by atoms with van der Waals surface area (Å²) in [6.07, 6.45) is 1.96. The molecular formula is C12H19N3O2. The molecule has 2 amide bonds. The Labute approximate surface area is 101 Å². The molecule has 1 fully saturated rings. The predicted octanol–water partition coefficient (Wildman–Crippen LogP) is -0.405.